The van der Waals surface area contributed by atoms with Crippen LogP contribution in [0.1, 0.15) is 18.1 Å². The second kappa shape index (κ2) is 8.58. The molecule has 1 aliphatic heterocycles. The van der Waals surface area contributed by atoms with E-state index >= 15 is 0 Å². The maximum atomic E-state index is 12.4. The van der Waals surface area contributed by atoms with Crippen molar-refractivity contribution in [2.45, 2.75) is 19.6 Å². The van der Waals surface area contributed by atoms with Crippen LogP contribution in [-0.2, 0) is 11.3 Å². The van der Waals surface area contributed by atoms with Gasteiger partial charge in [-0.1, -0.05) is 30.3 Å². The molecule has 1 aliphatic rings. The molecule has 0 aromatic heterocycles. The second-order valence-corrected chi connectivity index (χ2v) is 6.88. The molecule has 0 spiro atoms. The molecule has 0 aliphatic carbocycles. The van der Waals surface area contributed by atoms with E-state index < -0.39 is 6.10 Å². The van der Waals surface area contributed by atoms with Crippen molar-refractivity contribution in [1.82, 2.24) is 5.32 Å². The van der Waals surface area contributed by atoms with Crippen LogP contribution in [0.4, 0.5) is 0 Å². The smallest absolute Gasteiger partial charge is 0.261 e. The number of fused-ring (bicyclic) bond motifs is 1. The Morgan fingerprint density at radius 1 is 1.03 bits per heavy atom. The summed E-state index contributed by atoms with van der Waals surface area (Å²) >= 11 is 0. The molecule has 0 bridgehead atoms. The number of amides is 1. The summed E-state index contributed by atoms with van der Waals surface area (Å²) in [6.07, 6.45) is -0.639. The topological polar surface area (TPSA) is 80.6 Å². The molecule has 3 aromatic carbocycles. The maximum absolute atomic E-state index is 12.4. The van der Waals surface area contributed by atoms with Crippen molar-refractivity contribution in [3.63, 3.8) is 0 Å². The first-order chi connectivity index (χ1) is 14.6. The summed E-state index contributed by atoms with van der Waals surface area (Å²) < 4.78 is 16.4. The summed E-state index contributed by atoms with van der Waals surface area (Å²) in [4.78, 5) is 12.4. The fraction of sp³-hybridized carbons (Fsp3) is 0.167. The standard InChI is InChI=1S/C24H20N2O4/c1-16(24(27)26-14-18-4-11-22-23(12-18)29-15-28-22)30-21-9-7-20(8-10-21)19-5-2-17(13-25)3-6-19/h2-12,16H,14-15H2,1H3,(H,26,27)/t16-/m1/s1. The molecule has 6 heteroatoms. The number of carbonyl (C=O) groups is 1. The van der Waals surface area contributed by atoms with Crippen molar-refractivity contribution in [3.05, 3.63) is 77.9 Å². The van der Waals surface area contributed by atoms with Gasteiger partial charge in [0.05, 0.1) is 11.6 Å². The first-order valence-corrected chi connectivity index (χ1v) is 9.56. The number of rotatable bonds is 6. The van der Waals surface area contributed by atoms with Gasteiger partial charge in [0.25, 0.3) is 5.91 Å². The van der Waals surface area contributed by atoms with Crippen LogP contribution in [0.2, 0.25) is 0 Å². The molecule has 6 nitrogen and oxygen atoms in total. The molecule has 1 heterocycles. The van der Waals surface area contributed by atoms with Gasteiger partial charge < -0.3 is 19.5 Å². The van der Waals surface area contributed by atoms with Crippen molar-refractivity contribution in [1.29, 1.82) is 5.26 Å². The van der Waals surface area contributed by atoms with Crippen LogP contribution < -0.4 is 19.5 Å². The Labute approximate surface area is 174 Å². The van der Waals surface area contributed by atoms with Gasteiger partial charge in [-0.05, 0) is 60.0 Å². The molecular weight excluding hydrogens is 380 g/mol. The minimum atomic E-state index is -0.639. The quantitative estimate of drug-likeness (QED) is 0.676. The summed E-state index contributed by atoms with van der Waals surface area (Å²) in [6.45, 7) is 2.31. The van der Waals surface area contributed by atoms with Gasteiger partial charge in [0, 0.05) is 6.54 Å². The maximum Gasteiger partial charge on any atom is 0.261 e. The van der Waals surface area contributed by atoms with Crippen LogP contribution in [0.3, 0.4) is 0 Å². The van der Waals surface area contributed by atoms with Crippen LogP contribution in [0, 0.1) is 11.3 Å². The van der Waals surface area contributed by atoms with E-state index in [1.165, 1.54) is 0 Å². The minimum Gasteiger partial charge on any atom is -0.481 e. The lowest BCUT2D eigenvalue weighted by Crippen LogP contribution is -2.35. The highest BCUT2D eigenvalue weighted by Crippen LogP contribution is 2.32. The molecule has 0 saturated carbocycles. The van der Waals surface area contributed by atoms with E-state index in [0.717, 1.165) is 16.7 Å². The van der Waals surface area contributed by atoms with Crippen LogP contribution in [0.5, 0.6) is 17.2 Å². The molecule has 0 radical (unpaired) electrons. The van der Waals surface area contributed by atoms with Gasteiger partial charge in [-0.3, -0.25) is 4.79 Å². The zero-order chi connectivity index (χ0) is 20.9. The molecule has 0 fully saturated rings. The highest BCUT2D eigenvalue weighted by Gasteiger charge is 2.16. The van der Waals surface area contributed by atoms with E-state index in [0.29, 0.717) is 29.4 Å². The molecule has 1 amide bonds. The van der Waals surface area contributed by atoms with E-state index in [1.54, 1.807) is 19.1 Å². The van der Waals surface area contributed by atoms with Crippen molar-refractivity contribution in [2.24, 2.45) is 0 Å². The van der Waals surface area contributed by atoms with Crippen LogP contribution in [-0.4, -0.2) is 18.8 Å². The predicted octanol–water partition coefficient (Wildman–Crippen LogP) is 4.04. The summed E-state index contributed by atoms with van der Waals surface area (Å²) in [5, 5.41) is 11.8. The Hall–Kier alpha value is -3.98. The highest BCUT2D eigenvalue weighted by atomic mass is 16.7. The SMILES string of the molecule is C[C@@H](Oc1ccc(-c2ccc(C#N)cc2)cc1)C(=O)NCc1ccc2c(c1)OCO2. The van der Waals surface area contributed by atoms with Gasteiger partial charge in [0.1, 0.15) is 5.75 Å². The van der Waals surface area contributed by atoms with E-state index in [9.17, 15) is 4.79 Å². The minimum absolute atomic E-state index is 0.205. The van der Waals surface area contributed by atoms with Gasteiger partial charge in [-0.2, -0.15) is 5.26 Å². The third kappa shape index (κ3) is 4.36. The first kappa shape index (κ1) is 19.3. The fourth-order valence-corrected chi connectivity index (χ4v) is 3.10. The third-order valence-electron chi connectivity index (χ3n) is 4.79. The number of hydrogen-bond acceptors (Lipinski definition) is 5. The molecule has 0 unspecified atom stereocenters. The molecule has 30 heavy (non-hydrogen) atoms. The zero-order valence-electron chi connectivity index (χ0n) is 16.4. The molecule has 150 valence electrons. The molecule has 1 N–H and O–H groups in total. The van der Waals surface area contributed by atoms with Gasteiger partial charge in [0.2, 0.25) is 6.79 Å². The largest absolute Gasteiger partial charge is 0.481 e. The molecule has 4 rings (SSSR count). The molecule has 1 atom stereocenters. The van der Waals surface area contributed by atoms with Crippen LogP contribution in [0.15, 0.2) is 66.7 Å². The van der Waals surface area contributed by atoms with E-state index in [2.05, 4.69) is 11.4 Å². The summed E-state index contributed by atoms with van der Waals surface area (Å²) in [7, 11) is 0. The number of nitrogens with zero attached hydrogens (tertiary/aromatic N) is 1. The van der Waals surface area contributed by atoms with E-state index in [-0.39, 0.29) is 12.7 Å². The molecule has 3 aromatic rings. The fourth-order valence-electron chi connectivity index (χ4n) is 3.10. The van der Waals surface area contributed by atoms with Gasteiger partial charge in [-0.25, -0.2) is 0 Å². The Balaban J connectivity index is 1.32. The second-order valence-electron chi connectivity index (χ2n) is 6.88. The summed E-state index contributed by atoms with van der Waals surface area (Å²) in [5.74, 6) is 1.81. The predicted molar refractivity (Wildman–Crippen MR) is 111 cm³/mol. The lowest BCUT2D eigenvalue weighted by atomic mass is 10.0. The lowest BCUT2D eigenvalue weighted by Gasteiger charge is -2.15. The molecular formula is C24H20N2O4. The number of carbonyl (C=O) groups excluding carboxylic acids is 1. The third-order valence-corrected chi connectivity index (χ3v) is 4.79. The van der Waals surface area contributed by atoms with Crippen molar-refractivity contribution in [3.8, 4) is 34.4 Å². The average molecular weight is 400 g/mol. The Morgan fingerprint density at radius 3 is 2.40 bits per heavy atom. The number of nitrogens with one attached hydrogen (secondary N) is 1. The van der Waals surface area contributed by atoms with E-state index in [1.807, 2.05) is 54.6 Å². The van der Waals surface area contributed by atoms with Crippen LogP contribution >= 0.6 is 0 Å². The Morgan fingerprint density at radius 2 is 1.70 bits per heavy atom. The summed E-state index contributed by atoms with van der Waals surface area (Å²) in [6, 6.07) is 22.6. The Kier molecular flexibility index (Phi) is 5.53. The zero-order valence-corrected chi connectivity index (χ0v) is 16.4. The lowest BCUT2D eigenvalue weighted by molar-refractivity contribution is -0.127. The average Bonchev–Trinajstić information content (AvgIpc) is 3.26. The van der Waals surface area contributed by atoms with Gasteiger partial charge in [-0.15, -0.1) is 0 Å². The van der Waals surface area contributed by atoms with E-state index in [4.69, 9.17) is 19.5 Å². The summed E-state index contributed by atoms with van der Waals surface area (Å²) in [5.41, 5.74) is 3.56. The Bertz CT molecular complexity index is 1090. The first-order valence-electron chi connectivity index (χ1n) is 9.56. The van der Waals surface area contributed by atoms with Crippen molar-refractivity contribution >= 4 is 5.91 Å². The number of ether oxygens (including phenoxy) is 3. The molecule has 0 saturated heterocycles. The van der Waals surface area contributed by atoms with Crippen molar-refractivity contribution in [2.75, 3.05) is 6.79 Å². The number of hydrogen-bond donors (Lipinski definition) is 1. The number of benzene rings is 3. The normalized spacial score (nSPS) is 12.7. The van der Waals surface area contributed by atoms with Crippen LogP contribution in [0.25, 0.3) is 11.1 Å². The number of nitriles is 1. The van der Waals surface area contributed by atoms with Gasteiger partial charge >= 0.3 is 0 Å². The van der Waals surface area contributed by atoms with Crippen molar-refractivity contribution < 1.29 is 19.0 Å². The van der Waals surface area contributed by atoms with Gasteiger partial charge in [0.15, 0.2) is 17.6 Å². The monoisotopic (exact) mass is 400 g/mol. The highest BCUT2D eigenvalue weighted by molar-refractivity contribution is 5.80.